The van der Waals surface area contributed by atoms with Crippen molar-refractivity contribution in [3.63, 3.8) is 0 Å². The summed E-state index contributed by atoms with van der Waals surface area (Å²) in [5.41, 5.74) is -1.51. The molecular formula is C16H21NO6. The van der Waals surface area contributed by atoms with Gasteiger partial charge in [0.2, 0.25) is 0 Å². The summed E-state index contributed by atoms with van der Waals surface area (Å²) in [5.74, 6) is -2.56. The van der Waals surface area contributed by atoms with E-state index in [4.69, 9.17) is 9.84 Å². The van der Waals surface area contributed by atoms with Crippen LogP contribution >= 0.6 is 0 Å². The van der Waals surface area contributed by atoms with Gasteiger partial charge in [-0.1, -0.05) is 6.92 Å². The van der Waals surface area contributed by atoms with Crippen LogP contribution in [-0.2, 0) is 9.59 Å². The smallest absolute Gasteiger partial charge is 0.330 e. The largest absolute Gasteiger partial charge is 0.497 e. The Labute approximate surface area is 134 Å². The van der Waals surface area contributed by atoms with Crippen LogP contribution in [0.3, 0.4) is 0 Å². The van der Waals surface area contributed by atoms with Crippen LogP contribution in [0.5, 0.6) is 5.75 Å². The third-order valence-corrected chi connectivity index (χ3v) is 3.84. The maximum atomic E-state index is 12.7. The number of likely N-dealkylation sites (N-methyl/N-ethyl adjacent to an activating group) is 1. The Bertz CT molecular complexity index is 583. The lowest BCUT2D eigenvalue weighted by molar-refractivity contribution is -0.156. The van der Waals surface area contributed by atoms with Crippen LogP contribution in [0.1, 0.15) is 37.0 Å². The van der Waals surface area contributed by atoms with Crippen LogP contribution in [0.4, 0.5) is 0 Å². The minimum Gasteiger partial charge on any atom is -0.497 e. The molecule has 0 fully saturated rings. The molecule has 0 bridgehead atoms. The summed E-state index contributed by atoms with van der Waals surface area (Å²) in [6, 6.07) is 6.22. The third kappa shape index (κ3) is 3.80. The number of carbonyl (C=O) groups excluding carboxylic acids is 1. The minimum absolute atomic E-state index is 0.00956. The van der Waals surface area contributed by atoms with Crippen LogP contribution < -0.4 is 4.74 Å². The summed E-state index contributed by atoms with van der Waals surface area (Å²) in [6.07, 6.45) is -0.668. The lowest BCUT2D eigenvalue weighted by atomic mass is 9.89. The molecule has 2 N–H and O–H groups in total. The van der Waals surface area contributed by atoms with Gasteiger partial charge in [0.05, 0.1) is 13.5 Å². The molecule has 0 heterocycles. The SMILES string of the molecule is CCN(C(=O)c1ccc(OC)cc1)[C@@](CC)(CC(=O)O)C(=O)O. The number of hydrogen-bond donors (Lipinski definition) is 2. The van der Waals surface area contributed by atoms with E-state index < -0.39 is 29.8 Å². The average Bonchev–Trinajstić information content (AvgIpc) is 2.53. The fourth-order valence-corrected chi connectivity index (χ4v) is 2.53. The quantitative estimate of drug-likeness (QED) is 0.757. The minimum atomic E-state index is -1.78. The van der Waals surface area contributed by atoms with Gasteiger partial charge in [0.1, 0.15) is 5.75 Å². The standard InChI is InChI=1S/C16H21NO6/c1-4-16(15(21)22,10-13(18)19)17(5-2)14(20)11-6-8-12(23-3)9-7-11/h6-9H,4-5,10H2,1-3H3,(H,18,19)(H,21,22)/t16-/m0/s1. The Balaban J connectivity index is 3.26. The van der Waals surface area contributed by atoms with E-state index in [0.717, 1.165) is 4.90 Å². The second-order valence-electron chi connectivity index (χ2n) is 5.04. The van der Waals surface area contributed by atoms with Gasteiger partial charge in [0, 0.05) is 12.1 Å². The number of methoxy groups -OCH3 is 1. The summed E-state index contributed by atoms with van der Waals surface area (Å²) in [5, 5.41) is 18.7. The number of aliphatic carboxylic acids is 2. The van der Waals surface area contributed by atoms with Gasteiger partial charge in [0.15, 0.2) is 5.54 Å². The molecule has 0 saturated carbocycles. The van der Waals surface area contributed by atoms with Gasteiger partial charge in [-0.15, -0.1) is 0 Å². The van der Waals surface area contributed by atoms with Crippen LogP contribution in [0.25, 0.3) is 0 Å². The van der Waals surface area contributed by atoms with Gasteiger partial charge in [0.25, 0.3) is 5.91 Å². The van der Waals surface area contributed by atoms with E-state index in [0.29, 0.717) is 5.75 Å². The van der Waals surface area contributed by atoms with Crippen molar-refractivity contribution in [2.45, 2.75) is 32.2 Å². The monoisotopic (exact) mass is 323 g/mol. The highest BCUT2D eigenvalue weighted by Crippen LogP contribution is 2.27. The van der Waals surface area contributed by atoms with E-state index in [1.54, 1.807) is 26.0 Å². The number of amides is 1. The molecule has 7 heteroatoms. The van der Waals surface area contributed by atoms with Crippen molar-refractivity contribution in [2.75, 3.05) is 13.7 Å². The maximum absolute atomic E-state index is 12.7. The highest BCUT2D eigenvalue weighted by atomic mass is 16.5. The fraction of sp³-hybridized carbons (Fsp3) is 0.438. The first-order valence-electron chi connectivity index (χ1n) is 7.23. The summed E-state index contributed by atoms with van der Waals surface area (Å²) >= 11 is 0. The van der Waals surface area contributed by atoms with Crippen LogP contribution in [0.2, 0.25) is 0 Å². The summed E-state index contributed by atoms with van der Waals surface area (Å²) in [6.45, 7) is 3.26. The molecule has 0 spiro atoms. The summed E-state index contributed by atoms with van der Waals surface area (Å²) in [7, 11) is 1.49. The van der Waals surface area contributed by atoms with Crippen molar-refractivity contribution in [3.8, 4) is 5.75 Å². The highest BCUT2D eigenvalue weighted by molar-refractivity contribution is 5.99. The number of carboxylic acid groups (broad SMARTS) is 2. The van der Waals surface area contributed by atoms with Crippen molar-refractivity contribution in [1.29, 1.82) is 0 Å². The van der Waals surface area contributed by atoms with Crippen LogP contribution in [-0.4, -0.2) is 52.2 Å². The van der Waals surface area contributed by atoms with Gasteiger partial charge in [-0.25, -0.2) is 4.79 Å². The molecule has 7 nitrogen and oxygen atoms in total. The number of rotatable bonds is 8. The predicted molar refractivity (Wildman–Crippen MR) is 82.6 cm³/mol. The normalized spacial score (nSPS) is 13.0. The summed E-state index contributed by atoms with van der Waals surface area (Å²) < 4.78 is 5.02. The molecule has 1 aromatic carbocycles. The van der Waals surface area contributed by atoms with E-state index in [1.807, 2.05) is 0 Å². The number of hydrogen-bond acceptors (Lipinski definition) is 4. The fourth-order valence-electron chi connectivity index (χ4n) is 2.53. The van der Waals surface area contributed by atoms with Crippen molar-refractivity contribution in [3.05, 3.63) is 29.8 Å². The molecule has 23 heavy (non-hydrogen) atoms. The molecule has 0 saturated heterocycles. The number of nitrogens with zero attached hydrogens (tertiary/aromatic N) is 1. The molecule has 0 aliphatic heterocycles. The lowest BCUT2D eigenvalue weighted by Gasteiger charge is -2.38. The summed E-state index contributed by atoms with van der Waals surface area (Å²) in [4.78, 5) is 36.7. The zero-order valence-corrected chi connectivity index (χ0v) is 13.4. The highest BCUT2D eigenvalue weighted by Gasteiger charge is 2.46. The van der Waals surface area contributed by atoms with Gasteiger partial charge in [-0.3, -0.25) is 9.59 Å². The molecule has 0 radical (unpaired) electrons. The van der Waals surface area contributed by atoms with E-state index in [2.05, 4.69) is 0 Å². The molecule has 0 aromatic heterocycles. The molecule has 0 unspecified atom stereocenters. The number of ether oxygens (including phenoxy) is 1. The van der Waals surface area contributed by atoms with Gasteiger partial charge in [-0.05, 0) is 37.6 Å². The van der Waals surface area contributed by atoms with Crippen molar-refractivity contribution >= 4 is 17.8 Å². The maximum Gasteiger partial charge on any atom is 0.330 e. The predicted octanol–water partition coefficient (Wildman–Crippen LogP) is 1.87. The van der Waals surface area contributed by atoms with Crippen LogP contribution in [0.15, 0.2) is 24.3 Å². The molecule has 126 valence electrons. The van der Waals surface area contributed by atoms with Gasteiger partial charge < -0.3 is 19.8 Å². The van der Waals surface area contributed by atoms with Crippen LogP contribution in [0, 0.1) is 0 Å². The molecule has 1 atom stereocenters. The second kappa shape index (κ2) is 7.62. The molecule has 1 amide bonds. The van der Waals surface area contributed by atoms with Crippen molar-refractivity contribution < 1.29 is 29.3 Å². The van der Waals surface area contributed by atoms with E-state index in [-0.39, 0.29) is 18.5 Å². The topological polar surface area (TPSA) is 104 Å². The Morgan fingerprint density at radius 3 is 2.04 bits per heavy atom. The van der Waals surface area contributed by atoms with Crippen molar-refractivity contribution in [2.24, 2.45) is 0 Å². The van der Waals surface area contributed by atoms with Gasteiger partial charge >= 0.3 is 11.9 Å². The van der Waals surface area contributed by atoms with E-state index in [1.165, 1.54) is 19.2 Å². The molecule has 1 aromatic rings. The van der Waals surface area contributed by atoms with E-state index >= 15 is 0 Å². The Morgan fingerprint density at radius 1 is 1.13 bits per heavy atom. The number of benzene rings is 1. The third-order valence-electron chi connectivity index (χ3n) is 3.84. The Hall–Kier alpha value is -2.57. The first-order valence-corrected chi connectivity index (χ1v) is 7.23. The zero-order valence-electron chi connectivity index (χ0n) is 13.4. The average molecular weight is 323 g/mol. The van der Waals surface area contributed by atoms with Gasteiger partial charge in [-0.2, -0.15) is 0 Å². The lowest BCUT2D eigenvalue weighted by Crippen LogP contribution is -2.57. The van der Waals surface area contributed by atoms with Crippen molar-refractivity contribution in [1.82, 2.24) is 4.90 Å². The molecular weight excluding hydrogens is 302 g/mol. The first kappa shape index (κ1) is 18.5. The van der Waals surface area contributed by atoms with E-state index in [9.17, 15) is 19.5 Å². The molecule has 0 aliphatic rings. The second-order valence-corrected chi connectivity index (χ2v) is 5.04. The zero-order chi connectivity index (χ0) is 17.6. The number of carbonyl (C=O) groups is 3. The number of carboxylic acids is 2. The Kier molecular flexibility index (Phi) is 6.12. The Morgan fingerprint density at radius 2 is 1.70 bits per heavy atom. The molecule has 0 aliphatic carbocycles. The first-order chi connectivity index (χ1) is 10.8. The molecule has 1 rings (SSSR count).